The van der Waals surface area contributed by atoms with Crippen LogP contribution in [-0.4, -0.2) is 23.5 Å². The molecule has 26 heavy (non-hydrogen) atoms. The second-order valence-corrected chi connectivity index (χ2v) is 7.67. The normalized spacial score (nSPS) is 17.3. The molecule has 0 spiro atoms. The Morgan fingerprint density at radius 2 is 2.04 bits per heavy atom. The van der Waals surface area contributed by atoms with Crippen LogP contribution in [0.15, 0.2) is 24.3 Å². The quantitative estimate of drug-likeness (QED) is 0.823. The first-order valence-electron chi connectivity index (χ1n) is 8.56. The van der Waals surface area contributed by atoms with Gasteiger partial charge in [-0.3, -0.25) is 4.79 Å². The summed E-state index contributed by atoms with van der Waals surface area (Å²) in [6.45, 7) is 1.48. The molecule has 3 rings (SSSR count). The smallest absolute Gasteiger partial charge is 0.349 e. The van der Waals surface area contributed by atoms with Crippen LogP contribution in [0.3, 0.4) is 0 Å². The number of carbonyl (C=O) groups is 2. The lowest BCUT2D eigenvalue weighted by Gasteiger charge is -2.32. The van der Waals surface area contributed by atoms with E-state index in [-0.39, 0.29) is 5.82 Å². The number of rotatable bonds is 4. The van der Waals surface area contributed by atoms with Gasteiger partial charge in [0.25, 0.3) is 5.91 Å². The number of benzene rings is 1. The maximum atomic E-state index is 13.3. The van der Waals surface area contributed by atoms with Crippen molar-refractivity contribution in [1.29, 1.82) is 5.26 Å². The molecular weight excluding hydrogens is 355 g/mol. The molecule has 1 fully saturated rings. The number of amides is 1. The summed E-state index contributed by atoms with van der Waals surface area (Å²) >= 11 is 1.18. The first-order chi connectivity index (χ1) is 12.4. The largest absolute Gasteiger partial charge is 0.448 e. The molecule has 5 nitrogen and oxygen atoms in total. The number of thiophene rings is 1. The zero-order chi connectivity index (χ0) is 18.7. The highest BCUT2D eigenvalue weighted by molar-refractivity contribution is 7.20. The van der Waals surface area contributed by atoms with Gasteiger partial charge in [0.1, 0.15) is 16.2 Å². The summed E-state index contributed by atoms with van der Waals surface area (Å²) in [5.74, 6) is -1.49. The number of nitrogens with zero attached hydrogens (tertiary/aromatic N) is 1. The lowest BCUT2D eigenvalue weighted by Crippen LogP contribution is -2.52. The zero-order valence-corrected chi connectivity index (χ0v) is 15.2. The fourth-order valence-corrected chi connectivity index (χ4v) is 4.07. The first kappa shape index (κ1) is 18.3. The van der Waals surface area contributed by atoms with Crippen molar-refractivity contribution < 1.29 is 18.7 Å². The van der Waals surface area contributed by atoms with Gasteiger partial charge >= 0.3 is 5.97 Å². The van der Waals surface area contributed by atoms with Crippen LogP contribution < -0.4 is 5.32 Å². The summed E-state index contributed by atoms with van der Waals surface area (Å²) in [4.78, 5) is 25.0. The Morgan fingerprint density at radius 3 is 2.73 bits per heavy atom. The van der Waals surface area contributed by atoms with E-state index in [4.69, 9.17) is 4.74 Å². The van der Waals surface area contributed by atoms with Gasteiger partial charge in [0.2, 0.25) is 0 Å². The Morgan fingerprint density at radius 1 is 1.31 bits per heavy atom. The molecule has 0 aliphatic heterocycles. The van der Waals surface area contributed by atoms with Gasteiger partial charge < -0.3 is 10.1 Å². The van der Waals surface area contributed by atoms with Crippen LogP contribution in [-0.2, 0) is 9.53 Å². The molecule has 136 valence electrons. The Balaban J connectivity index is 1.66. The van der Waals surface area contributed by atoms with Crippen molar-refractivity contribution in [1.82, 2.24) is 5.32 Å². The second kappa shape index (κ2) is 7.42. The van der Waals surface area contributed by atoms with Gasteiger partial charge in [0, 0.05) is 4.70 Å². The van der Waals surface area contributed by atoms with Crippen LogP contribution in [0, 0.1) is 17.1 Å². The van der Waals surface area contributed by atoms with Crippen LogP contribution in [0.5, 0.6) is 0 Å². The predicted molar refractivity (Wildman–Crippen MR) is 96.2 cm³/mol. The predicted octanol–water partition coefficient (Wildman–Crippen LogP) is 3.93. The number of esters is 1. The summed E-state index contributed by atoms with van der Waals surface area (Å²) in [6.07, 6.45) is 3.03. The summed E-state index contributed by atoms with van der Waals surface area (Å²) in [5, 5.41) is 12.8. The number of hydrogen-bond acceptors (Lipinski definition) is 5. The Hall–Kier alpha value is -2.46. The second-order valence-electron chi connectivity index (χ2n) is 6.58. The number of hydrogen-bond donors (Lipinski definition) is 1. The van der Waals surface area contributed by atoms with Gasteiger partial charge in [-0.25, -0.2) is 9.18 Å². The molecule has 1 heterocycles. The van der Waals surface area contributed by atoms with E-state index < -0.39 is 23.5 Å². The van der Waals surface area contributed by atoms with E-state index >= 15 is 0 Å². The summed E-state index contributed by atoms with van der Waals surface area (Å²) in [6, 6.07) is 8.03. The molecule has 1 saturated carbocycles. The third kappa shape index (κ3) is 3.86. The standard InChI is InChI=1S/C19H19FN2O3S/c1-12(17(23)22-19(11-21)7-3-2-4-8-19)25-18(24)16-10-13-9-14(20)5-6-15(13)26-16/h5-6,9-10,12H,2-4,7-8H2,1H3,(H,22,23)/t12-/m0/s1. The third-order valence-electron chi connectivity index (χ3n) is 4.62. The molecule has 1 amide bonds. The molecule has 1 aromatic heterocycles. The fourth-order valence-electron chi connectivity index (χ4n) is 3.14. The molecule has 1 N–H and O–H groups in total. The van der Waals surface area contributed by atoms with Crippen molar-refractivity contribution in [2.75, 3.05) is 0 Å². The molecule has 2 aromatic rings. The van der Waals surface area contributed by atoms with Gasteiger partial charge in [-0.15, -0.1) is 11.3 Å². The molecule has 7 heteroatoms. The zero-order valence-electron chi connectivity index (χ0n) is 14.4. The van der Waals surface area contributed by atoms with Crippen molar-refractivity contribution >= 4 is 33.3 Å². The molecular formula is C19H19FN2O3S. The van der Waals surface area contributed by atoms with Crippen LogP contribution in [0.4, 0.5) is 4.39 Å². The van der Waals surface area contributed by atoms with Crippen molar-refractivity contribution in [2.45, 2.75) is 50.7 Å². The lowest BCUT2D eigenvalue weighted by molar-refractivity contribution is -0.130. The number of nitrogens with one attached hydrogen (secondary N) is 1. The van der Waals surface area contributed by atoms with Gasteiger partial charge in [-0.1, -0.05) is 19.3 Å². The van der Waals surface area contributed by atoms with Crippen molar-refractivity contribution in [2.24, 2.45) is 0 Å². The van der Waals surface area contributed by atoms with Crippen LogP contribution in [0.25, 0.3) is 10.1 Å². The van der Waals surface area contributed by atoms with Gasteiger partial charge in [0.15, 0.2) is 6.10 Å². The summed E-state index contributed by atoms with van der Waals surface area (Å²) < 4.78 is 19.3. The molecule has 1 aromatic carbocycles. The SMILES string of the molecule is C[C@H](OC(=O)c1cc2cc(F)ccc2s1)C(=O)NC1(C#N)CCCCC1. The lowest BCUT2D eigenvalue weighted by atomic mass is 9.83. The molecule has 0 unspecified atom stereocenters. The highest BCUT2D eigenvalue weighted by atomic mass is 32.1. The minimum atomic E-state index is -1.02. The maximum Gasteiger partial charge on any atom is 0.349 e. The van der Waals surface area contributed by atoms with E-state index in [0.717, 1.165) is 24.0 Å². The van der Waals surface area contributed by atoms with Crippen molar-refractivity contribution in [3.63, 3.8) is 0 Å². The first-order valence-corrected chi connectivity index (χ1v) is 9.37. The average molecular weight is 374 g/mol. The highest BCUT2D eigenvalue weighted by Gasteiger charge is 2.35. The maximum absolute atomic E-state index is 13.3. The topological polar surface area (TPSA) is 79.2 Å². The minimum absolute atomic E-state index is 0.304. The van der Waals surface area contributed by atoms with Gasteiger partial charge in [0.05, 0.1) is 6.07 Å². The number of ether oxygens (including phenoxy) is 1. The Kier molecular flexibility index (Phi) is 5.23. The average Bonchev–Trinajstić information content (AvgIpc) is 3.05. The highest BCUT2D eigenvalue weighted by Crippen LogP contribution is 2.29. The number of carbonyl (C=O) groups excluding carboxylic acids is 2. The van der Waals surface area contributed by atoms with Crippen molar-refractivity contribution in [3.05, 3.63) is 35.0 Å². The number of fused-ring (bicyclic) bond motifs is 1. The summed E-state index contributed by atoms with van der Waals surface area (Å²) in [7, 11) is 0. The molecule has 1 aliphatic carbocycles. The molecule has 0 saturated heterocycles. The fraction of sp³-hybridized carbons (Fsp3) is 0.421. The Bertz CT molecular complexity index is 881. The molecule has 0 bridgehead atoms. The van der Waals surface area contributed by atoms with E-state index in [2.05, 4.69) is 11.4 Å². The van der Waals surface area contributed by atoms with E-state index in [1.165, 1.54) is 30.4 Å². The molecule has 0 radical (unpaired) electrons. The molecule has 1 aliphatic rings. The minimum Gasteiger partial charge on any atom is -0.448 e. The van der Waals surface area contributed by atoms with E-state index in [9.17, 15) is 19.2 Å². The van der Waals surface area contributed by atoms with Gasteiger partial charge in [-0.05, 0) is 49.4 Å². The van der Waals surface area contributed by atoms with Crippen LogP contribution in [0.2, 0.25) is 0 Å². The monoisotopic (exact) mass is 374 g/mol. The van der Waals surface area contributed by atoms with E-state index in [1.54, 1.807) is 12.1 Å². The summed E-state index contributed by atoms with van der Waals surface area (Å²) in [5.41, 5.74) is -0.870. The van der Waals surface area contributed by atoms with Gasteiger partial charge in [-0.2, -0.15) is 5.26 Å². The molecule has 1 atom stereocenters. The number of halogens is 1. The van der Waals surface area contributed by atoms with Crippen LogP contribution in [0.1, 0.15) is 48.7 Å². The van der Waals surface area contributed by atoms with E-state index in [1.807, 2.05) is 0 Å². The van der Waals surface area contributed by atoms with Crippen molar-refractivity contribution in [3.8, 4) is 6.07 Å². The Labute approximate surface area is 154 Å². The third-order valence-corrected chi connectivity index (χ3v) is 5.71. The van der Waals surface area contributed by atoms with E-state index in [0.29, 0.717) is 23.1 Å². The van der Waals surface area contributed by atoms with Crippen LogP contribution >= 0.6 is 11.3 Å². The number of nitriles is 1.